The summed E-state index contributed by atoms with van der Waals surface area (Å²) in [5.74, 6) is -0.460. The van der Waals surface area contributed by atoms with Crippen LogP contribution >= 0.6 is 11.3 Å². The number of aldehydes is 1. The van der Waals surface area contributed by atoms with Gasteiger partial charge in [0.2, 0.25) is 0 Å². The minimum absolute atomic E-state index is 0.155. The van der Waals surface area contributed by atoms with Gasteiger partial charge in [0.25, 0.3) is 5.91 Å². The first kappa shape index (κ1) is 16.6. The highest BCUT2D eigenvalue weighted by atomic mass is 32.1. The summed E-state index contributed by atoms with van der Waals surface area (Å²) in [6.07, 6.45) is 0.625. The van der Waals surface area contributed by atoms with Gasteiger partial charge in [-0.3, -0.25) is 10.1 Å². The van der Waals surface area contributed by atoms with Gasteiger partial charge in [0, 0.05) is 11.9 Å². The van der Waals surface area contributed by atoms with E-state index in [1.165, 1.54) is 5.38 Å². The Morgan fingerprint density at radius 3 is 2.74 bits per heavy atom. The van der Waals surface area contributed by atoms with Gasteiger partial charge >= 0.3 is 6.03 Å². The van der Waals surface area contributed by atoms with Crippen molar-refractivity contribution in [3.05, 3.63) is 47.0 Å². The summed E-state index contributed by atoms with van der Waals surface area (Å²) in [6, 6.07) is 8.49. The topological polar surface area (TPSA) is 100 Å². The second kappa shape index (κ2) is 8.04. The van der Waals surface area contributed by atoms with Crippen LogP contribution in [-0.2, 0) is 11.3 Å². The minimum Gasteiger partial charge on any atom is -0.341 e. The van der Waals surface area contributed by atoms with Crippen LogP contribution in [0.4, 0.5) is 9.93 Å². The molecule has 0 aliphatic carbocycles. The van der Waals surface area contributed by atoms with Gasteiger partial charge in [-0.15, -0.1) is 11.3 Å². The van der Waals surface area contributed by atoms with Crippen molar-refractivity contribution in [3.63, 3.8) is 0 Å². The monoisotopic (exact) mass is 332 g/mol. The second-order valence-electron chi connectivity index (χ2n) is 4.73. The molecule has 1 atom stereocenters. The average molecular weight is 332 g/mol. The van der Waals surface area contributed by atoms with Crippen LogP contribution in [0.2, 0.25) is 0 Å². The Hall–Kier alpha value is -2.74. The predicted octanol–water partition coefficient (Wildman–Crippen LogP) is 1.78. The van der Waals surface area contributed by atoms with Crippen molar-refractivity contribution in [2.45, 2.75) is 19.5 Å². The molecule has 7 nitrogen and oxygen atoms in total. The zero-order valence-corrected chi connectivity index (χ0v) is 13.2. The van der Waals surface area contributed by atoms with Crippen LogP contribution in [-0.4, -0.2) is 29.3 Å². The van der Waals surface area contributed by atoms with Gasteiger partial charge in [-0.05, 0) is 12.5 Å². The summed E-state index contributed by atoms with van der Waals surface area (Å²) in [7, 11) is 0. The van der Waals surface area contributed by atoms with Crippen LogP contribution in [0, 0.1) is 0 Å². The molecule has 8 heteroatoms. The number of rotatable bonds is 6. The van der Waals surface area contributed by atoms with E-state index in [1.54, 1.807) is 6.92 Å². The molecular weight excluding hydrogens is 316 g/mol. The van der Waals surface area contributed by atoms with Gasteiger partial charge in [-0.1, -0.05) is 30.3 Å². The van der Waals surface area contributed by atoms with Gasteiger partial charge in [0.05, 0.1) is 6.04 Å². The summed E-state index contributed by atoms with van der Waals surface area (Å²) in [4.78, 5) is 38.1. The van der Waals surface area contributed by atoms with Crippen molar-refractivity contribution < 1.29 is 14.4 Å². The van der Waals surface area contributed by atoms with Crippen molar-refractivity contribution >= 4 is 34.7 Å². The molecule has 0 radical (unpaired) electrons. The number of benzene rings is 1. The Bertz CT molecular complexity index is 687. The molecule has 0 aliphatic rings. The number of hydrogen-bond acceptors (Lipinski definition) is 5. The lowest BCUT2D eigenvalue weighted by molar-refractivity contribution is -0.109. The van der Waals surface area contributed by atoms with Gasteiger partial charge in [-0.25, -0.2) is 9.78 Å². The maximum Gasteiger partial charge on any atom is 0.321 e. The minimum atomic E-state index is -0.588. The summed E-state index contributed by atoms with van der Waals surface area (Å²) in [5, 5.41) is 9.55. The van der Waals surface area contributed by atoms with E-state index < -0.39 is 18.0 Å². The molecule has 3 amide bonds. The maximum atomic E-state index is 11.8. The fourth-order valence-corrected chi connectivity index (χ4v) is 2.36. The van der Waals surface area contributed by atoms with E-state index in [9.17, 15) is 14.4 Å². The number of carbonyl (C=O) groups is 3. The van der Waals surface area contributed by atoms with E-state index >= 15 is 0 Å². The van der Waals surface area contributed by atoms with E-state index in [0.717, 1.165) is 16.9 Å². The van der Waals surface area contributed by atoms with Gasteiger partial charge in [-0.2, -0.15) is 0 Å². The normalized spacial score (nSPS) is 11.3. The molecule has 0 spiro atoms. The number of hydrogen-bond donors (Lipinski definition) is 3. The fraction of sp³-hybridized carbons (Fsp3) is 0.200. The van der Waals surface area contributed by atoms with Crippen molar-refractivity contribution in [3.8, 4) is 0 Å². The molecule has 0 unspecified atom stereocenters. The maximum absolute atomic E-state index is 11.8. The van der Waals surface area contributed by atoms with Crippen molar-refractivity contribution in [1.82, 2.24) is 15.6 Å². The van der Waals surface area contributed by atoms with Crippen LogP contribution in [0.5, 0.6) is 0 Å². The molecule has 0 aliphatic heterocycles. The van der Waals surface area contributed by atoms with Gasteiger partial charge in [0.1, 0.15) is 12.0 Å². The number of urea groups is 1. The van der Waals surface area contributed by atoms with Gasteiger partial charge < -0.3 is 15.4 Å². The molecule has 0 fully saturated rings. The predicted molar refractivity (Wildman–Crippen MR) is 87.4 cm³/mol. The van der Waals surface area contributed by atoms with Crippen LogP contribution in [0.25, 0.3) is 0 Å². The Morgan fingerprint density at radius 2 is 2.04 bits per heavy atom. The molecule has 1 aromatic carbocycles. The molecule has 1 heterocycles. The average Bonchev–Trinajstić information content (AvgIpc) is 3.02. The van der Waals surface area contributed by atoms with Crippen molar-refractivity contribution in [2.75, 3.05) is 5.32 Å². The lowest BCUT2D eigenvalue weighted by Crippen LogP contribution is -2.33. The molecule has 23 heavy (non-hydrogen) atoms. The molecule has 3 N–H and O–H groups in total. The molecular formula is C15H16N4O3S. The first-order valence-corrected chi connectivity index (χ1v) is 7.77. The third-order valence-corrected chi connectivity index (χ3v) is 3.57. The third kappa shape index (κ3) is 5.19. The Kier molecular flexibility index (Phi) is 5.81. The molecule has 2 rings (SSSR count). The zero-order chi connectivity index (χ0) is 16.7. The van der Waals surface area contributed by atoms with Crippen molar-refractivity contribution in [1.29, 1.82) is 0 Å². The molecule has 2 aromatic rings. The summed E-state index contributed by atoms with van der Waals surface area (Å²) >= 11 is 1.13. The van der Waals surface area contributed by atoms with E-state index in [1.807, 2.05) is 30.3 Å². The number of aromatic nitrogens is 1. The van der Waals surface area contributed by atoms with Crippen LogP contribution in [0.15, 0.2) is 35.7 Å². The SMILES string of the molecule is C[C@@H](C=O)NC(=O)c1csc(NC(=O)NCc2ccccc2)n1. The van der Waals surface area contributed by atoms with E-state index in [2.05, 4.69) is 20.9 Å². The lowest BCUT2D eigenvalue weighted by Gasteiger charge is -2.05. The summed E-state index contributed by atoms with van der Waals surface area (Å²) < 4.78 is 0. The number of nitrogens with one attached hydrogen (secondary N) is 3. The quantitative estimate of drug-likeness (QED) is 0.702. The van der Waals surface area contributed by atoms with E-state index in [-0.39, 0.29) is 5.69 Å². The lowest BCUT2D eigenvalue weighted by atomic mass is 10.2. The van der Waals surface area contributed by atoms with Crippen LogP contribution < -0.4 is 16.0 Å². The van der Waals surface area contributed by atoms with Crippen molar-refractivity contribution in [2.24, 2.45) is 0 Å². The first-order valence-electron chi connectivity index (χ1n) is 6.89. The standard InChI is InChI=1S/C15H16N4O3S/c1-10(8-20)17-13(21)12-9-23-15(18-12)19-14(22)16-7-11-5-3-2-4-6-11/h2-6,8-10H,7H2,1H3,(H,17,21)(H2,16,18,19,22)/t10-/m0/s1. The Balaban J connectivity index is 1.85. The second-order valence-corrected chi connectivity index (χ2v) is 5.59. The van der Waals surface area contributed by atoms with E-state index in [4.69, 9.17) is 0 Å². The van der Waals surface area contributed by atoms with Gasteiger partial charge in [0.15, 0.2) is 5.13 Å². The summed E-state index contributed by atoms with van der Waals surface area (Å²) in [6.45, 7) is 1.95. The highest BCUT2D eigenvalue weighted by Gasteiger charge is 2.14. The number of anilines is 1. The fourth-order valence-electron chi connectivity index (χ4n) is 1.67. The molecule has 0 saturated heterocycles. The highest BCUT2D eigenvalue weighted by Crippen LogP contribution is 2.15. The van der Waals surface area contributed by atoms with Crippen LogP contribution in [0.3, 0.4) is 0 Å². The zero-order valence-electron chi connectivity index (χ0n) is 12.4. The number of amides is 3. The smallest absolute Gasteiger partial charge is 0.321 e. The largest absolute Gasteiger partial charge is 0.341 e. The molecule has 120 valence electrons. The molecule has 0 saturated carbocycles. The Morgan fingerprint density at radius 1 is 1.30 bits per heavy atom. The molecule has 0 bridgehead atoms. The third-order valence-electron chi connectivity index (χ3n) is 2.82. The Labute approximate surface area is 137 Å². The van der Waals surface area contributed by atoms with Crippen LogP contribution in [0.1, 0.15) is 23.0 Å². The first-order chi connectivity index (χ1) is 11.1. The number of nitrogens with zero attached hydrogens (tertiary/aromatic N) is 1. The van der Waals surface area contributed by atoms with E-state index in [0.29, 0.717) is 18.0 Å². The number of thiazole rings is 1. The number of carbonyl (C=O) groups excluding carboxylic acids is 3. The summed E-state index contributed by atoms with van der Waals surface area (Å²) in [5.41, 5.74) is 1.13. The molecule has 1 aromatic heterocycles. The highest BCUT2D eigenvalue weighted by molar-refractivity contribution is 7.14.